The molecule has 1 aromatic rings. The van der Waals surface area contributed by atoms with Crippen molar-refractivity contribution in [3.05, 3.63) is 16.1 Å². The first-order valence-electron chi connectivity index (χ1n) is 4.89. The molecular weight excluding hydrogens is 180 g/mol. The highest BCUT2D eigenvalue weighted by Crippen LogP contribution is 2.48. The van der Waals surface area contributed by atoms with Crippen LogP contribution in [0.25, 0.3) is 0 Å². The van der Waals surface area contributed by atoms with Gasteiger partial charge in [0, 0.05) is 10.8 Å². The lowest BCUT2D eigenvalue weighted by Gasteiger charge is -2.00. The molecule has 13 heavy (non-hydrogen) atoms. The predicted octanol–water partition coefficient (Wildman–Crippen LogP) is 2.09. The van der Waals surface area contributed by atoms with Crippen molar-refractivity contribution < 1.29 is 0 Å². The molecule has 0 atom stereocenters. The van der Waals surface area contributed by atoms with Gasteiger partial charge >= 0.3 is 0 Å². The minimum atomic E-state index is 0.436. The lowest BCUT2D eigenvalue weighted by atomic mass is 10.1. The Balaban J connectivity index is 2.01. The van der Waals surface area contributed by atoms with E-state index in [0.29, 0.717) is 5.41 Å². The van der Waals surface area contributed by atoms with Crippen molar-refractivity contribution in [3.63, 3.8) is 0 Å². The first-order valence-corrected chi connectivity index (χ1v) is 5.77. The van der Waals surface area contributed by atoms with Crippen LogP contribution in [0.15, 0.2) is 5.38 Å². The fraction of sp³-hybridized carbons (Fsp3) is 0.700. The molecule has 1 saturated carbocycles. The second-order valence-electron chi connectivity index (χ2n) is 4.10. The fourth-order valence-electron chi connectivity index (χ4n) is 1.38. The summed E-state index contributed by atoms with van der Waals surface area (Å²) in [5, 5.41) is 3.52. The normalized spacial score (nSPS) is 18.9. The molecule has 0 saturated heterocycles. The van der Waals surface area contributed by atoms with Crippen molar-refractivity contribution in [3.8, 4) is 0 Å². The van der Waals surface area contributed by atoms with Crippen LogP contribution in [-0.2, 0) is 11.8 Å². The van der Waals surface area contributed by atoms with E-state index in [4.69, 9.17) is 5.73 Å². The SMILES string of the molecule is CC1(c2nc(CCCN)cs2)CC1. The highest BCUT2D eigenvalue weighted by atomic mass is 32.1. The van der Waals surface area contributed by atoms with Gasteiger partial charge < -0.3 is 5.73 Å². The van der Waals surface area contributed by atoms with E-state index in [2.05, 4.69) is 17.3 Å². The van der Waals surface area contributed by atoms with Crippen LogP contribution in [0, 0.1) is 0 Å². The molecule has 2 N–H and O–H groups in total. The summed E-state index contributed by atoms with van der Waals surface area (Å²) in [6.07, 6.45) is 4.73. The molecule has 1 aliphatic rings. The van der Waals surface area contributed by atoms with Crippen LogP contribution < -0.4 is 5.73 Å². The maximum Gasteiger partial charge on any atom is 0.0987 e. The minimum Gasteiger partial charge on any atom is -0.330 e. The second kappa shape index (κ2) is 3.39. The van der Waals surface area contributed by atoms with Gasteiger partial charge in [-0.3, -0.25) is 0 Å². The van der Waals surface area contributed by atoms with Crippen LogP contribution in [0.2, 0.25) is 0 Å². The summed E-state index contributed by atoms with van der Waals surface area (Å²) >= 11 is 1.82. The summed E-state index contributed by atoms with van der Waals surface area (Å²) in [6.45, 7) is 3.07. The van der Waals surface area contributed by atoms with Gasteiger partial charge in [-0.25, -0.2) is 4.98 Å². The molecule has 0 radical (unpaired) electrons. The van der Waals surface area contributed by atoms with Crippen molar-refractivity contribution in [1.82, 2.24) is 4.98 Å². The smallest absolute Gasteiger partial charge is 0.0987 e. The Morgan fingerprint density at radius 2 is 2.38 bits per heavy atom. The van der Waals surface area contributed by atoms with Crippen molar-refractivity contribution in [2.75, 3.05) is 6.54 Å². The van der Waals surface area contributed by atoms with Crippen molar-refractivity contribution in [2.45, 2.75) is 38.0 Å². The molecule has 1 aliphatic carbocycles. The van der Waals surface area contributed by atoms with E-state index in [-0.39, 0.29) is 0 Å². The number of thiazole rings is 1. The molecule has 0 aliphatic heterocycles. The zero-order valence-electron chi connectivity index (χ0n) is 8.05. The zero-order chi connectivity index (χ0) is 9.31. The Kier molecular flexibility index (Phi) is 2.39. The van der Waals surface area contributed by atoms with Gasteiger partial charge in [0.1, 0.15) is 0 Å². The van der Waals surface area contributed by atoms with Crippen LogP contribution in [-0.4, -0.2) is 11.5 Å². The number of hydrogen-bond acceptors (Lipinski definition) is 3. The van der Waals surface area contributed by atoms with E-state index in [1.807, 2.05) is 11.3 Å². The molecule has 3 heteroatoms. The Bertz CT molecular complexity index is 289. The molecule has 0 unspecified atom stereocenters. The number of nitrogens with two attached hydrogens (primary N) is 1. The fourth-order valence-corrected chi connectivity index (χ4v) is 2.46. The zero-order valence-corrected chi connectivity index (χ0v) is 8.86. The molecular formula is C10H16N2S. The van der Waals surface area contributed by atoms with Crippen LogP contribution in [0.5, 0.6) is 0 Å². The lowest BCUT2D eigenvalue weighted by molar-refractivity contribution is 0.754. The van der Waals surface area contributed by atoms with Gasteiger partial charge in [0.25, 0.3) is 0 Å². The third kappa shape index (κ3) is 1.92. The summed E-state index contributed by atoms with van der Waals surface area (Å²) in [4.78, 5) is 4.64. The van der Waals surface area contributed by atoms with Crippen molar-refractivity contribution in [2.24, 2.45) is 5.73 Å². The largest absolute Gasteiger partial charge is 0.330 e. The van der Waals surface area contributed by atoms with Gasteiger partial charge in [-0.2, -0.15) is 0 Å². The molecule has 0 aromatic carbocycles. The molecule has 1 aromatic heterocycles. The monoisotopic (exact) mass is 196 g/mol. The average molecular weight is 196 g/mol. The van der Waals surface area contributed by atoms with Crippen molar-refractivity contribution in [1.29, 1.82) is 0 Å². The maximum atomic E-state index is 5.46. The summed E-state index contributed by atoms with van der Waals surface area (Å²) in [5.74, 6) is 0. The van der Waals surface area contributed by atoms with Crippen LogP contribution >= 0.6 is 11.3 Å². The second-order valence-corrected chi connectivity index (χ2v) is 4.95. The topological polar surface area (TPSA) is 38.9 Å². The van der Waals surface area contributed by atoms with E-state index < -0.39 is 0 Å². The van der Waals surface area contributed by atoms with Crippen LogP contribution in [0.4, 0.5) is 0 Å². The molecule has 2 nitrogen and oxygen atoms in total. The molecule has 0 bridgehead atoms. The first kappa shape index (κ1) is 9.16. The van der Waals surface area contributed by atoms with Crippen LogP contribution in [0.1, 0.15) is 36.9 Å². The highest BCUT2D eigenvalue weighted by molar-refractivity contribution is 7.09. The van der Waals surface area contributed by atoms with E-state index >= 15 is 0 Å². The van der Waals surface area contributed by atoms with Gasteiger partial charge in [0.2, 0.25) is 0 Å². The van der Waals surface area contributed by atoms with Crippen LogP contribution in [0.3, 0.4) is 0 Å². The summed E-state index contributed by atoms with van der Waals surface area (Å²) < 4.78 is 0. The summed E-state index contributed by atoms with van der Waals surface area (Å²) in [7, 11) is 0. The Hall–Kier alpha value is -0.410. The van der Waals surface area contributed by atoms with E-state index in [0.717, 1.165) is 19.4 Å². The van der Waals surface area contributed by atoms with E-state index in [1.54, 1.807) is 0 Å². The third-order valence-electron chi connectivity index (χ3n) is 2.71. The van der Waals surface area contributed by atoms with Crippen molar-refractivity contribution >= 4 is 11.3 Å². The van der Waals surface area contributed by atoms with Gasteiger partial charge in [-0.15, -0.1) is 11.3 Å². The highest BCUT2D eigenvalue weighted by Gasteiger charge is 2.41. The minimum absolute atomic E-state index is 0.436. The number of hydrogen-bond donors (Lipinski definition) is 1. The molecule has 1 heterocycles. The predicted molar refractivity (Wildman–Crippen MR) is 56.1 cm³/mol. The van der Waals surface area contributed by atoms with Gasteiger partial charge in [-0.05, 0) is 32.2 Å². The number of nitrogens with zero attached hydrogens (tertiary/aromatic N) is 1. The van der Waals surface area contributed by atoms with E-state index in [1.165, 1.54) is 23.5 Å². The van der Waals surface area contributed by atoms with Gasteiger partial charge in [-0.1, -0.05) is 6.92 Å². The molecule has 0 spiro atoms. The Morgan fingerprint density at radius 3 is 3.00 bits per heavy atom. The summed E-state index contributed by atoms with van der Waals surface area (Å²) in [6, 6.07) is 0. The molecule has 2 rings (SSSR count). The number of aryl methyl sites for hydroxylation is 1. The van der Waals surface area contributed by atoms with Gasteiger partial charge in [0.05, 0.1) is 10.7 Å². The standard InChI is InChI=1S/C10H16N2S/c1-10(4-5-10)9-12-8(7-13-9)3-2-6-11/h7H,2-6,11H2,1H3. The number of rotatable bonds is 4. The summed E-state index contributed by atoms with van der Waals surface area (Å²) in [5.41, 5.74) is 7.13. The molecule has 1 fully saturated rings. The Morgan fingerprint density at radius 1 is 1.62 bits per heavy atom. The molecule has 0 amide bonds. The average Bonchev–Trinajstić information content (AvgIpc) is 2.69. The molecule has 72 valence electrons. The van der Waals surface area contributed by atoms with Gasteiger partial charge in [0.15, 0.2) is 0 Å². The van der Waals surface area contributed by atoms with E-state index in [9.17, 15) is 0 Å². The lowest BCUT2D eigenvalue weighted by Crippen LogP contribution is -2.02. The Labute approximate surface area is 83.2 Å². The first-order chi connectivity index (χ1) is 6.24. The third-order valence-corrected chi connectivity index (χ3v) is 3.90. The number of aromatic nitrogens is 1. The quantitative estimate of drug-likeness (QED) is 0.801. The maximum absolute atomic E-state index is 5.46.